The van der Waals surface area contributed by atoms with Gasteiger partial charge < -0.3 is 4.74 Å². The van der Waals surface area contributed by atoms with Crippen LogP contribution < -0.4 is 9.88 Å². The summed E-state index contributed by atoms with van der Waals surface area (Å²) < 4.78 is 43.8. The Balaban J connectivity index is 2.35. The summed E-state index contributed by atoms with van der Waals surface area (Å²) in [7, 11) is -2.82. The Morgan fingerprint density at radius 3 is 2.55 bits per heavy atom. The summed E-state index contributed by atoms with van der Waals surface area (Å²) >= 11 is 6.07. The van der Waals surface area contributed by atoms with E-state index in [1.54, 1.807) is 13.0 Å². The maximum absolute atomic E-state index is 14.5. The first-order valence-corrected chi connectivity index (χ1v) is 10.2. The Morgan fingerprint density at radius 2 is 1.90 bits per heavy atom. The van der Waals surface area contributed by atoms with Crippen molar-refractivity contribution in [1.82, 2.24) is 4.98 Å². The number of aromatic nitrogens is 1. The van der Waals surface area contributed by atoms with E-state index in [0.29, 0.717) is 5.56 Å². The molecule has 1 aromatic heterocycles. The molecular formula is C20H16ClFN2O4S. The summed E-state index contributed by atoms with van der Waals surface area (Å²) in [4.78, 5) is 17.1. The maximum Gasteiger partial charge on any atom is 0.238 e. The zero-order valence-electron chi connectivity index (χ0n) is 15.4. The number of hydrogen-bond donors (Lipinski definition) is 1. The average Bonchev–Trinajstić information content (AvgIpc) is 2.66. The largest absolute Gasteiger partial charge is 0.496 e. The van der Waals surface area contributed by atoms with E-state index in [1.165, 1.54) is 43.6 Å². The third-order valence-electron chi connectivity index (χ3n) is 4.30. The lowest BCUT2D eigenvalue weighted by atomic mass is 9.95. The van der Waals surface area contributed by atoms with Gasteiger partial charge in [-0.1, -0.05) is 29.8 Å². The summed E-state index contributed by atoms with van der Waals surface area (Å²) in [6.45, 7) is 1.66. The molecule has 0 spiro atoms. The van der Waals surface area contributed by atoms with Crippen LogP contribution in [0.1, 0.15) is 21.6 Å². The van der Waals surface area contributed by atoms with Crippen LogP contribution in [0.25, 0.3) is 11.1 Å². The van der Waals surface area contributed by atoms with Gasteiger partial charge in [0.2, 0.25) is 15.8 Å². The van der Waals surface area contributed by atoms with Crippen LogP contribution in [0.3, 0.4) is 0 Å². The highest BCUT2D eigenvalue weighted by molar-refractivity contribution is 7.89. The average molecular weight is 435 g/mol. The van der Waals surface area contributed by atoms with Crippen molar-refractivity contribution in [3.63, 3.8) is 0 Å². The quantitative estimate of drug-likeness (QED) is 0.616. The fraction of sp³-hybridized carbons (Fsp3) is 0.100. The van der Waals surface area contributed by atoms with Crippen molar-refractivity contribution in [2.24, 2.45) is 5.14 Å². The Bertz CT molecular complexity index is 1230. The third-order valence-corrected chi connectivity index (χ3v) is 5.46. The van der Waals surface area contributed by atoms with Gasteiger partial charge in [0.25, 0.3) is 0 Å². The van der Waals surface area contributed by atoms with Crippen molar-refractivity contribution in [3.05, 3.63) is 76.3 Å². The number of aryl methyl sites for hydroxylation is 1. The van der Waals surface area contributed by atoms with Crippen LogP contribution in [0, 0.1) is 12.7 Å². The lowest BCUT2D eigenvalue weighted by Crippen LogP contribution is -2.16. The topological polar surface area (TPSA) is 99.3 Å². The minimum absolute atomic E-state index is 0.0224. The smallest absolute Gasteiger partial charge is 0.238 e. The Hall–Kier alpha value is -2.81. The number of benzene rings is 2. The molecule has 150 valence electrons. The van der Waals surface area contributed by atoms with Crippen LogP contribution in [-0.2, 0) is 10.0 Å². The fourth-order valence-electron chi connectivity index (χ4n) is 3.05. The van der Waals surface area contributed by atoms with Gasteiger partial charge in [0.15, 0.2) is 0 Å². The molecule has 0 bridgehead atoms. The van der Waals surface area contributed by atoms with Gasteiger partial charge in [-0.15, -0.1) is 0 Å². The molecule has 0 amide bonds. The number of rotatable bonds is 5. The van der Waals surface area contributed by atoms with Gasteiger partial charge in [0.05, 0.1) is 17.0 Å². The fourth-order valence-corrected chi connectivity index (χ4v) is 4.03. The number of hydrogen-bond acceptors (Lipinski definition) is 5. The van der Waals surface area contributed by atoms with Crippen molar-refractivity contribution in [1.29, 1.82) is 0 Å². The number of halogens is 2. The first-order chi connectivity index (χ1) is 13.6. The Labute approximate surface area is 172 Å². The number of pyridine rings is 1. The second-order valence-corrected chi connectivity index (χ2v) is 8.16. The van der Waals surface area contributed by atoms with Gasteiger partial charge in [0, 0.05) is 17.3 Å². The predicted octanol–water partition coefficient (Wildman–Crippen LogP) is 3.74. The molecular weight excluding hydrogens is 419 g/mol. The minimum Gasteiger partial charge on any atom is -0.496 e. The highest BCUT2D eigenvalue weighted by Crippen LogP contribution is 2.35. The van der Waals surface area contributed by atoms with E-state index in [0.717, 1.165) is 6.07 Å². The van der Waals surface area contributed by atoms with Gasteiger partial charge >= 0.3 is 0 Å². The van der Waals surface area contributed by atoms with Crippen molar-refractivity contribution in [3.8, 4) is 16.9 Å². The van der Waals surface area contributed by atoms with Crippen LogP contribution >= 0.6 is 11.6 Å². The molecule has 0 radical (unpaired) electrons. The molecule has 0 aliphatic rings. The number of nitrogens with zero attached hydrogens (tertiary/aromatic N) is 1. The Kier molecular flexibility index (Phi) is 5.70. The number of carbonyl (C=O) groups excluding carboxylic acids is 1. The summed E-state index contributed by atoms with van der Waals surface area (Å²) in [5.41, 5.74) is 0.308. The second kappa shape index (κ2) is 7.90. The predicted molar refractivity (Wildman–Crippen MR) is 107 cm³/mol. The Morgan fingerprint density at radius 1 is 1.21 bits per heavy atom. The zero-order valence-corrected chi connectivity index (χ0v) is 17.0. The highest BCUT2D eigenvalue weighted by Gasteiger charge is 2.27. The molecule has 0 aliphatic heterocycles. The molecule has 0 saturated carbocycles. The molecule has 0 fully saturated rings. The summed E-state index contributed by atoms with van der Waals surface area (Å²) in [6, 6.07) is 9.86. The molecule has 1 heterocycles. The SMILES string of the molecule is COc1cccc(F)c1C(=O)c1ncc(Cl)cc1-c1c(C)cccc1S(N)(=O)=O. The number of nitrogens with two attached hydrogens (primary N) is 1. The summed E-state index contributed by atoms with van der Waals surface area (Å²) in [5.74, 6) is -1.56. The molecule has 3 rings (SSSR count). The van der Waals surface area contributed by atoms with E-state index in [2.05, 4.69) is 4.98 Å². The number of sulfonamides is 1. The molecule has 2 N–H and O–H groups in total. The molecule has 2 aromatic carbocycles. The van der Waals surface area contributed by atoms with Crippen molar-refractivity contribution >= 4 is 27.4 Å². The summed E-state index contributed by atoms with van der Waals surface area (Å²) in [5, 5.41) is 5.53. The first kappa shape index (κ1) is 20.9. The van der Waals surface area contributed by atoms with Crippen LogP contribution in [0.4, 0.5) is 4.39 Å². The van der Waals surface area contributed by atoms with Crippen LogP contribution in [0.15, 0.2) is 53.6 Å². The second-order valence-electron chi connectivity index (χ2n) is 6.19. The summed E-state index contributed by atoms with van der Waals surface area (Å²) in [6.07, 6.45) is 1.22. The lowest BCUT2D eigenvalue weighted by molar-refractivity contribution is 0.102. The minimum atomic E-state index is -4.13. The van der Waals surface area contributed by atoms with Gasteiger partial charge in [-0.3, -0.25) is 9.78 Å². The van der Waals surface area contributed by atoms with Gasteiger partial charge in [-0.2, -0.15) is 0 Å². The number of ketones is 1. The number of ether oxygens (including phenoxy) is 1. The number of primary sulfonamides is 1. The molecule has 0 unspecified atom stereocenters. The van der Waals surface area contributed by atoms with E-state index < -0.39 is 21.6 Å². The maximum atomic E-state index is 14.5. The number of methoxy groups -OCH3 is 1. The molecule has 3 aromatic rings. The van der Waals surface area contributed by atoms with E-state index in [1.807, 2.05) is 0 Å². The van der Waals surface area contributed by atoms with Crippen LogP contribution in [0.5, 0.6) is 5.75 Å². The lowest BCUT2D eigenvalue weighted by Gasteiger charge is -2.15. The van der Waals surface area contributed by atoms with Gasteiger partial charge in [-0.05, 0) is 36.8 Å². The molecule has 6 nitrogen and oxygen atoms in total. The monoisotopic (exact) mass is 434 g/mol. The van der Waals surface area contributed by atoms with Crippen molar-refractivity contribution in [2.75, 3.05) is 7.11 Å². The molecule has 9 heteroatoms. The van der Waals surface area contributed by atoms with Crippen LogP contribution in [0.2, 0.25) is 5.02 Å². The van der Waals surface area contributed by atoms with E-state index in [-0.39, 0.29) is 38.1 Å². The normalized spacial score (nSPS) is 11.3. The molecule has 0 saturated heterocycles. The molecule has 0 aliphatic carbocycles. The van der Waals surface area contributed by atoms with Crippen molar-refractivity contribution < 1.29 is 22.3 Å². The zero-order chi connectivity index (χ0) is 21.3. The van der Waals surface area contributed by atoms with Gasteiger partial charge in [-0.25, -0.2) is 17.9 Å². The standard InChI is InChI=1S/C20H16ClFN2O4S/c1-11-5-3-8-16(29(23,26)27)17(11)13-9-12(21)10-24-19(13)20(25)18-14(22)6-4-7-15(18)28-2/h3-10H,1-2H3,(H2,23,26,27). The van der Waals surface area contributed by atoms with Crippen LogP contribution in [-0.4, -0.2) is 26.3 Å². The molecule has 0 atom stereocenters. The first-order valence-electron chi connectivity index (χ1n) is 8.30. The van der Waals surface area contributed by atoms with Crippen molar-refractivity contribution in [2.45, 2.75) is 11.8 Å². The van der Waals surface area contributed by atoms with E-state index in [4.69, 9.17) is 21.5 Å². The number of carbonyl (C=O) groups is 1. The third kappa shape index (κ3) is 4.00. The van der Waals surface area contributed by atoms with E-state index in [9.17, 15) is 17.6 Å². The molecule has 29 heavy (non-hydrogen) atoms. The highest BCUT2D eigenvalue weighted by atomic mass is 35.5. The van der Waals surface area contributed by atoms with E-state index >= 15 is 0 Å². The van der Waals surface area contributed by atoms with Gasteiger partial charge in [0.1, 0.15) is 22.8 Å².